The van der Waals surface area contributed by atoms with E-state index in [1.807, 2.05) is 50.2 Å². The molecule has 0 spiro atoms. The highest BCUT2D eigenvalue weighted by Crippen LogP contribution is 2.18. The summed E-state index contributed by atoms with van der Waals surface area (Å²) in [7, 11) is 0. The summed E-state index contributed by atoms with van der Waals surface area (Å²) < 4.78 is 11.1. The minimum Gasteiger partial charge on any atom is -0.480 e. The number of para-hydroxylation sites is 1. The van der Waals surface area contributed by atoms with Crippen molar-refractivity contribution in [1.29, 1.82) is 0 Å². The molecule has 1 atom stereocenters. The van der Waals surface area contributed by atoms with Crippen molar-refractivity contribution in [2.45, 2.75) is 39.2 Å². The summed E-state index contributed by atoms with van der Waals surface area (Å²) in [6.45, 7) is 4.54. The molecule has 2 rings (SSSR count). The van der Waals surface area contributed by atoms with Crippen LogP contribution in [0.5, 0.6) is 5.75 Å². The minimum atomic E-state index is -0.454. The summed E-state index contributed by atoms with van der Waals surface area (Å²) in [6.07, 6.45) is 3.52. The fraction of sp³-hybridized carbons (Fsp3) is 0.389. The standard InChI is InChI=1S/C18H23NO3/c1-3-16(22-17-11-5-4-8-14(17)2)18(20)19-12-6-9-15-10-7-13-21-15/h4-5,7-8,10-11,13,16H,3,6,9,12H2,1-2H3,(H,19,20). The largest absolute Gasteiger partial charge is 0.480 e. The number of carbonyl (C=O) groups excluding carboxylic acids is 1. The van der Waals surface area contributed by atoms with E-state index >= 15 is 0 Å². The lowest BCUT2D eigenvalue weighted by Crippen LogP contribution is -2.38. The number of hydrogen-bond donors (Lipinski definition) is 1. The molecule has 0 saturated heterocycles. The molecule has 0 bridgehead atoms. The van der Waals surface area contributed by atoms with Crippen molar-refractivity contribution in [1.82, 2.24) is 5.32 Å². The van der Waals surface area contributed by atoms with Crippen LogP contribution in [0.2, 0.25) is 0 Å². The van der Waals surface area contributed by atoms with Gasteiger partial charge < -0.3 is 14.5 Å². The maximum atomic E-state index is 12.2. The van der Waals surface area contributed by atoms with E-state index in [2.05, 4.69) is 5.32 Å². The van der Waals surface area contributed by atoms with E-state index in [4.69, 9.17) is 9.15 Å². The highest BCUT2D eigenvalue weighted by molar-refractivity contribution is 5.81. The van der Waals surface area contributed by atoms with Gasteiger partial charge in [-0.25, -0.2) is 0 Å². The summed E-state index contributed by atoms with van der Waals surface area (Å²) in [6, 6.07) is 11.6. The zero-order valence-electron chi connectivity index (χ0n) is 13.2. The van der Waals surface area contributed by atoms with Crippen molar-refractivity contribution in [2.24, 2.45) is 0 Å². The zero-order chi connectivity index (χ0) is 15.8. The molecule has 0 saturated carbocycles. The van der Waals surface area contributed by atoms with Gasteiger partial charge in [-0.1, -0.05) is 25.1 Å². The third kappa shape index (κ3) is 4.65. The Balaban J connectivity index is 1.77. The average molecular weight is 301 g/mol. The number of carbonyl (C=O) groups is 1. The van der Waals surface area contributed by atoms with E-state index in [9.17, 15) is 4.79 Å². The van der Waals surface area contributed by atoms with Crippen LogP contribution in [0.1, 0.15) is 31.1 Å². The van der Waals surface area contributed by atoms with Crippen molar-refractivity contribution in [3.05, 3.63) is 54.0 Å². The molecule has 0 fully saturated rings. The molecule has 1 N–H and O–H groups in total. The van der Waals surface area contributed by atoms with E-state index in [-0.39, 0.29) is 5.91 Å². The second-order valence-corrected chi connectivity index (χ2v) is 5.25. The van der Waals surface area contributed by atoms with Gasteiger partial charge in [-0.05, 0) is 43.5 Å². The van der Waals surface area contributed by atoms with Gasteiger partial charge in [0.15, 0.2) is 6.10 Å². The molecular formula is C18H23NO3. The second-order valence-electron chi connectivity index (χ2n) is 5.25. The number of furan rings is 1. The number of amides is 1. The quantitative estimate of drug-likeness (QED) is 0.759. The first-order valence-corrected chi connectivity index (χ1v) is 7.73. The highest BCUT2D eigenvalue weighted by atomic mass is 16.5. The predicted molar refractivity (Wildman–Crippen MR) is 85.9 cm³/mol. The molecule has 0 aliphatic carbocycles. The zero-order valence-corrected chi connectivity index (χ0v) is 13.2. The van der Waals surface area contributed by atoms with Gasteiger partial charge in [0.05, 0.1) is 6.26 Å². The van der Waals surface area contributed by atoms with Crippen LogP contribution in [-0.2, 0) is 11.2 Å². The second kappa shape index (κ2) is 8.27. The van der Waals surface area contributed by atoms with Crippen LogP contribution >= 0.6 is 0 Å². The molecule has 4 heteroatoms. The molecule has 2 aromatic rings. The van der Waals surface area contributed by atoms with Crippen molar-refractivity contribution in [3.63, 3.8) is 0 Å². The first-order chi connectivity index (χ1) is 10.7. The molecule has 118 valence electrons. The lowest BCUT2D eigenvalue weighted by atomic mass is 10.2. The van der Waals surface area contributed by atoms with Crippen molar-refractivity contribution >= 4 is 5.91 Å². The Morgan fingerprint density at radius 3 is 2.77 bits per heavy atom. The lowest BCUT2D eigenvalue weighted by Gasteiger charge is -2.18. The first kappa shape index (κ1) is 16.1. The molecule has 4 nitrogen and oxygen atoms in total. The number of rotatable bonds is 8. The summed E-state index contributed by atoms with van der Waals surface area (Å²) in [5.74, 6) is 1.64. The van der Waals surface area contributed by atoms with Crippen LogP contribution in [-0.4, -0.2) is 18.6 Å². The Hall–Kier alpha value is -2.23. The van der Waals surface area contributed by atoms with E-state index < -0.39 is 6.10 Å². The van der Waals surface area contributed by atoms with Crippen LogP contribution in [0.3, 0.4) is 0 Å². The van der Waals surface area contributed by atoms with Gasteiger partial charge in [-0.3, -0.25) is 4.79 Å². The van der Waals surface area contributed by atoms with Gasteiger partial charge in [-0.15, -0.1) is 0 Å². The third-order valence-corrected chi connectivity index (χ3v) is 3.51. The Morgan fingerprint density at radius 1 is 1.27 bits per heavy atom. The third-order valence-electron chi connectivity index (χ3n) is 3.51. The van der Waals surface area contributed by atoms with Gasteiger partial charge >= 0.3 is 0 Å². The van der Waals surface area contributed by atoms with Crippen LogP contribution in [0, 0.1) is 6.92 Å². The Bertz CT molecular complexity index is 578. The molecule has 22 heavy (non-hydrogen) atoms. The SMILES string of the molecule is CCC(Oc1ccccc1C)C(=O)NCCCc1ccco1. The number of aryl methyl sites for hydroxylation is 2. The van der Waals surface area contributed by atoms with Gasteiger partial charge in [0, 0.05) is 13.0 Å². The molecule has 0 radical (unpaired) electrons. The predicted octanol–water partition coefficient (Wildman–Crippen LogP) is 3.49. The monoisotopic (exact) mass is 301 g/mol. The summed E-state index contributed by atoms with van der Waals surface area (Å²) in [4.78, 5) is 12.2. The van der Waals surface area contributed by atoms with E-state index in [0.717, 1.165) is 29.9 Å². The van der Waals surface area contributed by atoms with Gasteiger partial charge in [0.25, 0.3) is 5.91 Å². The molecular weight excluding hydrogens is 278 g/mol. The molecule has 1 aromatic heterocycles. The molecule has 0 aliphatic rings. The molecule has 1 amide bonds. The lowest BCUT2D eigenvalue weighted by molar-refractivity contribution is -0.128. The Labute approximate surface area is 131 Å². The van der Waals surface area contributed by atoms with E-state index in [0.29, 0.717) is 13.0 Å². The Kier molecular flexibility index (Phi) is 6.07. The fourth-order valence-electron chi connectivity index (χ4n) is 2.21. The van der Waals surface area contributed by atoms with Gasteiger partial charge in [0.2, 0.25) is 0 Å². The maximum absolute atomic E-state index is 12.2. The first-order valence-electron chi connectivity index (χ1n) is 7.73. The molecule has 1 aromatic carbocycles. The van der Waals surface area contributed by atoms with Gasteiger partial charge in [-0.2, -0.15) is 0 Å². The van der Waals surface area contributed by atoms with Crippen molar-refractivity contribution in [3.8, 4) is 5.75 Å². The number of hydrogen-bond acceptors (Lipinski definition) is 3. The van der Waals surface area contributed by atoms with E-state index in [1.165, 1.54) is 0 Å². The topological polar surface area (TPSA) is 51.5 Å². The number of ether oxygens (including phenoxy) is 1. The normalized spacial score (nSPS) is 11.9. The highest BCUT2D eigenvalue weighted by Gasteiger charge is 2.18. The Morgan fingerprint density at radius 2 is 2.09 bits per heavy atom. The van der Waals surface area contributed by atoms with Crippen molar-refractivity contribution in [2.75, 3.05) is 6.54 Å². The van der Waals surface area contributed by atoms with Crippen LogP contribution in [0.25, 0.3) is 0 Å². The van der Waals surface area contributed by atoms with Crippen LogP contribution in [0.15, 0.2) is 47.1 Å². The summed E-state index contributed by atoms with van der Waals surface area (Å²) in [5, 5.41) is 2.93. The molecule has 1 unspecified atom stereocenters. The van der Waals surface area contributed by atoms with E-state index in [1.54, 1.807) is 6.26 Å². The number of benzene rings is 1. The summed E-state index contributed by atoms with van der Waals surface area (Å²) in [5.41, 5.74) is 1.03. The minimum absolute atomic E-state index is 0.0646. The number of nitrogens with one attached hydrogen (secondary N) is 1. The average Bonchev–Trinajstić information content (AvgIpc) is 3.04. The van der Waals surface area contributed by atoms with Crippen LogP contribution < -0.4 is 10.1 Å². The smallest absolute Gasteiger partial charge is 0.261 e. The van der Waals surface area contributed by atoms with Crippen molar-refractivity contribution < 1.29 is 13.9 Å². The fourth-order valence-corrected chi connectivity index (χ4v) is 2.21. The molecule has 0 aliphatic heterocycles. The summed E-state index contributed by atoms with van der Waals surface area (Å²) >= 11 is 0. The van der Waals surface area contributed by atoms with Crippen LogP contribution in [0.4, 0.5) is 0 Å². The molecule has 1 heterocycles. The maximum Gasteiger partial charge on any atom is 0.261 e. The van der Waals surface area contributed by atoms with Gasteiger partial charge in [0.1, 0.15) is 11.5 Å².